The number of fused-ring (bicyclic) bond motifs is 2. The van der Waals surface area contributed by atoms with Crippen molar-refractivity contribution >= 4 is 51.3 Å². The predicted molar refractivity (Wildman–Crippen MR) is 90.8 cm³/mol. The Hall–Kier alpha value is -1.98. The molecule has 3 nitrogen and oxygen atoms in total. The van der Waals surface area contributed by atoms with Crippen LogP contribution < -0.4 is 4.90 Å². The Morgan fingerprint density at radius 2 is 1.76 bits per heavy atom. The summed E-state index contributed by atoms with van der Waals surface area (Å²) in [5, 5.41) is -0.326. The Kier molecular flexibility index (Phi) is 2.90. The van der Waals surface area contributed by atoms with Gasteiger partial charge >= 0.3 is 0 Å². The van der Waals surface area contributed by atoms with Gasteiger partial charge in [-0.05, 0) is 24.3 Å². The normalized spacial score (nSPS) is 20.1. The van der Waals surface area contributed by atoms with Gasteiger partial charge in [-0.1, -0.05) is 54.3 Å². The van der Waals surface area contributed by atoms with Gasteiger partial charge in [-0.2, -0.15) is 0 Å². The van der Waals surface area contributed by atoms with Crippen molar-refractivity contribution in [3.63, 3.8) is 0 Å². The number of thioether (sulfide) groups is 1. The number of carbonyl (C=O) groups excluding carboxylic acids is 1. The number of aliphatic imine (C=N–C) groups is 1. The van der Waals surface area contributed by atoms with Crippen LogP contribution in [0.4, 0.5) is 11.4 Å². The lowest BCUT2D eigenvalue weighted by atomic mass is 10.0. The van der Waals surface area contributed by atoms with Gasteiger partial charge in [0.25, 0.3) is 0 Å². The zero-order valence-corrected chi connectivity index (χ0v) is 12.5. The number of rotatable bonds is 1. The standard InChI is InChI=1S/C16H10N2OS2/c19-13-11-8-4-5-9-12(11)17-15-14(13)21-16(20)18(15)10-6-2-1-3-7-10/h1-9,14H. The summed E-state index contributed by atoms with van der Waals surface area (Å²) in [5.41, 5.74) is 2.35. The Labute approximate surface area is 131 Å². The highest BCUT2D eigenvalue weighted by Crippen LogP contribution is 2.40. The summed E-state index contributed by atoms with van der Waals surface area (Å²) in [4.78, 5) is 19.2. The molecule has 2 heterocycles. The van der Waals surface area contributed by atoms with Gasteiger partial charge in [0.15, 0.2) is 5.78 Å². The Morgan fingerprint density at radius 3 is 2.57 bits per heavy atom. The van der Waals surface area contributed by atoms with E-state index in [0.29, 0.717) is 9.88 Å². The third-order valence-corrected chi connectivity index (χ3v) is 5.04. The van der Waals surface area contributed by atoms with Crippen LogP contribution in [0.2, 0.25) is 0 Å². The average molecular weight is 310 g/mol. The van der Waals surface area contributed by atoms with E-state index in [1.165, 1.54) is 11.8 Å². The van der Waals surface area contributed by atoms with E-state index in [2.05, 4.69) is 4.99 Å². The van der Waals surface area contributed by atoms with Crippen LogP contribution in [0.15, 0.2) is 59.6 Å². The van der Waals surface area contributed by atoms with Gasteiger partial charge in [0, 0.05) is 11.3 Å². The molecule has 5 heteroatoms. The maximum atomic E-state index is 12.6. The largest absolute Gasteiger partial charge is 0.292 e. The topological polar surface area (TPSA) is 32.7 Å². The van der Waals surface area contributed by atoms with Crippen molar-refractivity contribution in [3.05, 3.63) is 60.2 Å². The molecule has 0 aromatic heterocycles. The van der Waals surface area contributed by atoms with Crippen LogP contribution in [0.1, 0.15) is 10.4 Å². The molecule has 1 fully saturated rings. The molecule has 1 unspecified atom stereocenters. The molecule has 4 rings (SSSR count). The number of carbonyl (C=O) groups is 1. The van der Waals surface area contributed by atoms with Crippen molar-refractivity contribution in [2.24, 2.45) is 4.99 Å². The molecule has 0 aliphatic carbocycles. The summed E-state index contributed by atoms with van der Waals surface area (Å²) in [5.74, 6) is 0.807. The van der Waals surface area contributed by atoms with Gasteiger partial charge < -0.3 is 0 Å². The quantitative estimate of drug-likeness (QED) is 0.750. The van der Waals surface area contributed by atoms with Crippen LogP contribution >= 0.6 is 24.0 Å². The molecular formula is C16H10N2OS2. The molecule has 2 aromatic carbocycles. The smallest absolute Gasteiger partial charge is 0.186 e. The van der Waals surface area contributed by atoms with E-state index >= 15 is 0 Å². The zero-order valence-electron chi connectivity index (χ0n) is 10.9. The molecule has 2 aliphatic rings. The molecule has 1 atom stereocenters. The number of Topliss-reactive ketones (excluding diaryl/α,β-unsaturated/α-hetero) is 1. The van der Waals surface area contributed by atoms with Crippen LogP contribution in [0.5, 0.6) is 0 Å². The van der Waals surface area contributed by atoms with E-state index in [4.69, 9.17) is 12.2 Å². The molecule has 0 spiro atoms. The SMILES string of the molecule is O=C1c2ccccc2N=C2C1SC(=S)N2c1ccccc1. The minimum atomic E-state index is -0.326. The number of hydrogen-bond acceptors (Lipinski definition) is 4. The summed E-state index contributed by atoms with van der Waals surface area (Å²) in [6.07, 6.45) is 0. The molecule has 102 valence electrons. The summed E-state index contributed by atoms with van der Waals surface area (Å²) >= 11 is 6.86. The van der Waals surface area contributed by atoms with Gasteiger partial charge in [-0.25, -0.2) is 4.99 Å². The molecule has 0 N–H and O–H groups in total. The second-order valence-electron chi connectivity index (χ2n) is 4.79. The first-order valence-corrected chi connectivity index (χ1v) is 7.82. The molecule has 1 saturated heterocycles. The van der Waals surface area contributed by atoms with Crippen molar-refractivity contribution in [3.8, 4) is 0 Å². The first kappa shape index (κ1) is 12.7. The minimum Gasteiger partial charge on any atom is -0.292 e. The number of thiocarbonyl (C=S) groups is 1. The Bertz CT molecular complexity index is 786. The number of amidine groups is 1. The van der Waals surface area contributed by atoms with Crippen LogP contribution in [-0.2, 0) is 0 Å². The highest BCUT2D eigenvalue weighted by molar-refractivity contribution is 8.25. The first-order chi connectivity index (χ1) is 10.3. The van der Waals surface area contributed by atoms with E-state index in [-0.39, 0.29) is 11.0 Å². The number of ketones is 1. The number of nitrogens with zero attached hydrogens (tertiary/aromatic N) is 2. The fraction of sp³-hybridized carbons (Fsp3) is 0.0625. The molecule has 0 amide bonds. The fourth-order valence-corrected chi connectivity index (χ4v) is 4.05. The van der Waals surface area contributed by atoms with Gasteiger partial charge in [-0.3, -0.25) is 9.69 Å². The van der Waals surface area contributed by atoms with Crippen molar-refractivity contribution < 1.29 is 4.79 Å². The lowest BCUT2D eigenvalue weighted by Gasteiger charge is -2.22. The summed E-state index contributed by atoms with van der Waals surface area (Å²) < 4.78 is 0.672. The van der Waals surface area contributed by atoms with Gasteiger partial charge in [0.1, 0.15) is 15.4 Å². The highest BCUT2D eigenvalue weighted by atomic mass is 32.2. The molecule has 0 saturated carbocycles. The molecule has 2 aromatic rings. The van der Waals surface area contributed by atoms with E-state index in [1.54, 1.807) is 0 Å². The Morgan fingerprint density at radius 1 is 1.05 bits per heavy atom. The predicted octanol–water partition coefficient (Wildman–Crippen LogP) is 3.82. The van der Waals surface area contributed by atoms with Crippen molar-refractivity contribution in [2.75, 3.05) is 4.90 Å². The van der Waals surface area contributed by atoms with Crippen LogP contribution in [0, 0.1) is 0 Å². The molecule has 0 radical (unpaired) electrons. The molecule has 2 aliphatic heterocycles. The van der Waals surface area contributed by atoms with Gasteiger partial charge in [-0.15, -0.1) is 0 Å². The lowest BCUT2D eigenvalue weighted by Crippen LogP contribution is -2.36. The fourth-order valence-electron chi connectivity index (χ4n) is 2.56. The second kappa shape index (κ2) is 4.79. The molecule has 21 heavy (non-hydrogen) atoms. The maximum absolute atomic E-state index is 12.6. The van der Waals surface area contributed by atoms with Crippen LogP contribution in [-0.4, -0.2) is 21.2 Å². The summed E-state index contributed by atoms with van der Waals surface area (Å²) in [6, 6.07) is 17.3. The van der Waals surface area contributed by atoms with E-state index in [9.17, 15) is 4.79 Å². The average Bonchev–Trinajstić information content (AvgIpc) is 2.85. The summed E-state index contributed by atoms with van der Waals surface area (Å²) in [6.45, 7) is 0. The van der Waals surface area contributed by atoms with Crippen molar-refractivity contribution in [2.45, 2.75) is 5.25 Å². The lowest BCUT2D eigenvalue weighted by molar-refractivity contribution is 0.100. The van der Waals surface area contributed by atoms with E-state index < -0.39 is 0 Å². The van der Waals surface area contributed by atoms with E-state index in [1.807, 2.05) is 59.5 Å². The van der Waals surface area contributed by atoms with Crippen molar-refractivity contribution in [1.82, 2.24) is 0 Å². The minimum absolute atomic E-state index is 0.0846. The molecular weight excluding hydrogens is 300 g/mol. The van der Waals surface area contributed by atoms with Crippen LogP contribution in [0.3, 0.4) is 0 Å². The Balaban J connectivity index is 1.88. The monoisotopic (exact) mass is 310 g/mol. The number of para-hydroxylation sites is 2. The van der Waals surface area contributed by atoms with Gasteiger partial charge in [0.05, 0.1) is 5.69 Å². The summed E-state index contributed by atoms with van der Waals surface area (Å²) in [7, 11) is 0. The second-order valence-corrected chi connectivity index (χ2v) is 6.53. The van der Waals surface area contributed by atoms with Crippen molar-refractivity contribution in [1.29, 1.82) is 0 Å². The third-order valence-electron chi connectivity index (χ3n) is 3.52. The van der Waals surface area contributed by atoms with Gasteiger partial charge in [0.2, 0.25) is 0 Å². The highest BCUT2D eigenvalue weighted by Gasteiger charge is 2.43. The number of anilines is 1. The third kappa shape index (κ3) is 1.92. The maximum Gasteiger partial charge on any atom is 0.186 e. The number of benzene rings is 2. The number of hydrogen-bond donors (Lipinski definition) is 0. The van der Waals surface area contributed by atoms with Crippen LogP contribution in [0.25, 0.3) is 0 Å². The molecule has 0 bridgehead atoms. The van der Waals surface area contributed by atoms with E-state index in [0.717, 1.165) is 17.2 Å². The zero-order chi connectivity index (χ0) is 14.4. The first-order valence-electron chi connectivity index (χ1n) is 6.53.